The van der Waals surface area contributed by atoms with E-state index in [9.17, 15) is 9.59 Å². The van der Waals surface area contributed by atoms with Crippen LogP contribution in [0.15, 0.2) is 41.8 Å². The molecule has 0 radical (unpaired) electrons. The van der Waals surface area contributed by atoms with Gasteiger partial charge in [0.1, 0.15) is 5.00 Å². The van der Waals surface area contributed by atoms with Crippen molar-refractivity contribution in [1.82, 2.24) is 0 Å². The van der Waals surface area contributed by atoms with Gasteiger partial charge in [0.2, 0.25) is 0 Å². The largest absolute Gasteiger partial charge is 0.478 e. The maximum absolute atomic E-state index is 12.4. The van der Waals surface area contributed by atoms with Gasteiger partial charge in [-0.1, -0.05) is 32.9 Å². The number of carbonyl (C=O) groups excluding carboxylic acids is 1. The summed E-state index contributed by atoms with van der Waals surface area (Å²) >= 11 is 1.36. The second-order valence-electron chi connectivity index (χ2n) is 6.16. The van der Waals surface area contributed by atoms with Crippen molar-refractivity contribution in [3.63, 3.8) is 0 Å². The number of hydrogen-bond acceptors (Lipinski definition) is 3. The third-order valence-corrected chi connectivity index (χ3v) is 4.16. The fraction of sp³-hybridized carbons (Fsp3) is 0.222. The highest BCUT2D eigenvalue weighted by atomic mass is 32.1. The fourth-order valence-corrected chi connectivity index (χ4v) is 2.79. The summed E-state index contributed by atoms with van der Waals surface area (Å²) in [6.45, 7) is 6.29. The number of carboxylic acid groups (broad SMARTS) is 1. The van der Waals surface area contributed by atoms with Crippen LogP contribution in [0.2, 0.25) is 0 Å². The minimum atomic E-state index is -1.02. The third kappa shape index (κ3) is 4.53. The zero-order valence-corrected chi connectivity index (χ0v) is 14.1. The maximum Gasteiger partial charge on any atom is 0.328 e. The van der Waals surface area contributed by atoms with Crippen LogP contribution in [-0.2, 0) is 10.2 Å². The number of thiophene rings is 1. The number of nitrogens with one attached hydrogen (secondary N) is 1. The average Bonchev–Trinajstić information content (AvgIpc) is 2.91. The zero-order chi connectivity index (χ0) is 17.0. The van der Waals surface area contributed by atoms with Gasteiger partial charge in [-0.25, -0.2) is 4.79 Å². The molecule has 2 N–H and O–H groups in total. The molecule has 0 bridgehead atoms. The summed E-state index contributed by atoms with van der Waals surface area (Å²) in [6, 6.07) is 9.30. The van der Waals surface area contributed by atoms with Crippen LogP contribution in [-0.4, -0.2) is 17.0 Å². The molecule has 2 rings (SSSR count). The summed E-state index contributed by atoms with van der Waals surface area (Å²) in [5.74, 6) is -1.23. The molecule has 0 saturated heterocycles. The Labute approximate surface area is 139 Å². The van der Waals surface area contributed by atoms with Crippen LogP contribution in [0.25, 0.3) is 6.08 Å². The number of anilines is 1. The number of carbonyl (C=O) groups is 2. The molecule has 0 aliphatic carbocycles. The predicted molar refractivity (Wildman–Crippen MR) is 94.1 cm³/mol. The minimum Gasteiger partial charge on any atom is -0.478 e. The molecule has 4 nitrogen and oxygen atoms in total. The monoisotopic (exact) mass is 329 g/mol. The molecule has 0 aliphatic rings. The Kier molecular flexibility index (Phi) is 5.01. The predicted octanol–water partition coefficient (Wildman–Crippen LogP) is 4.40. The summed E-state index contributed by atoms with van der Waals surface area (Å²) in [7, 11) is 0. The van der Waals surface area contributed by atoms with Gasteiger partial charge in [-0.15, -0.1) is 11.3 Å². The maximum atomic E-state index is 12.4. The van der Waals surface area contributed by atoms with E-state index in [0.717, 1.165) is 11.6 Å². The molecule has 1 aromatic carbocycles. The van der Waals surface area contributed by atoms with Crippen LogP contribution in [0, 0.1) is 0 Å². The van der Waals surface area contributed by atoms with Gasteiger partial charge in [0.15, 0.2) is 0 Å². The van der Waals surface area contributed by atoms with Gasteiger partial charge in [0.25, 0.3) is 5.91 Å². The Morgan fingerprint density at radius 2 is 1.96 bits per heavy atom. The lowest BCUT2D eigenvalue weighted by Crippen LogP contribution is -2.15. The molecule has 0 saturated carbocycles. The molecule has 2 aromatic rings. The summed E-state index contributed by atoms with van der Waals surface area (Å²) < 4.78 is 0. The van der Waals surface area contributed by atoms with Crippen LogP contribution in [0.1, 0.15) is 42.3 Å². The molecule has 0 fully saturated rings. The van der Waals surface area contributed by atoms with Crippen molar-refractivity contribution >= 4 is 34.3 Å². The van der Waals surface area contributed by atoms with Gasteiger partial charge in [-0.3, -0.25) is 4.79 Å². The first-order valence-electron chi connectivity index (χ1n) is 7.18. The molecule has 1 aromatic heterocycles. The summed E-state index contributed by atoms with van der Waals surface area (Å²) in [4.78, 5) is 23.0. The van der Waals surface area contributed by atoms with E-state index < -0.39 is 5.97 Å². The van der Waals surface area contributed by atoms with Crippen LogP contribution in [0.4, 0.5) is 5.00 Å². The van der Waals surface area contributed by atoms with E-state index in [1.807, 2.05) is 23.6 Å². The molecule has 1 heterocycles. The number of aliphatic carboxylic acids is 1. The number of carboxylic acids is 1. The highest BCUT2D eigenvalue weighted by molar-refractivity contribution is 7.14. The molecule has 0 atom stereocenters. The number of benzene rings is 1. The molecular formula is C18H19NO3S. The van der Waals surface area contributed by atoms with Crippen molar-refractivity contribution in [2.75, 3.05) is 5.32 Å². The van der Waals surface area contributed by atoms with Gasteiger partial charge in [-0.2, -0.15) is 0 Å². The van der Waals surface area contributed by atoms with E-state index in [0.29, 0.717) is 16.1 Å². The summed E-state index contributed by atoms with van der Waals surface area (Å²) in [5, 5.41) is 14.0. The average molecular weight is 329 g/mol. The number of hydrogen-bond donors (Lipinski definition) is 2. The van der Waals surface area contributed by atoms with Gasteiger partial charge in [0, 0.05) is 17.2 Å². The third-order valence-electron chi connectivity index (χ3n) is 3.32. The van der Waals surface area contributed by atoms with Crippen LogP contribution in [0.5, 0.6) is 0 Å². The second kappa shape index (κ2) is 6.79. The molecule has 23 heavy (non-hydrogen) atoms. The normalized spacial score (nSPS) is 11.6. The second-order valence-corrected chi connectivity index (χ2v) is 7.08. The smallest absolute Gasteiger partial charge is 0.328 e. The molecule has 0 aliphatic heterocycles. The summed E-state index contributed by atoms with van der Waals surface area (Å²) in [5.41, 5.74) is 2.31. The molecular weight excluding hydrogens is 310 g/mol. The van der Waals surface area contributed by atoms with Gasteiger partial charge in [-0.05, 0) is 40.6 Å². The molecule has 0 spiro atoms. The van der Waals surface area contributed by atoms with Gasteiger partial charge >= 0.3 is 5.97 Å². The Bertz CT molecular complexity index is 754. The lowest BCUT2D eigenvalue weighted by Gasteiger charge is -2.19. The van der Waals surface area contributed by atoms with E-state index in [-0.39, 0.29) is 11.3 Å². The first-order valence-corrected chi connectivity index (χ1v) is 8.06. The van der Waals surface area contributed by atoms with Crippen molar-refractivity contribution in [1.29, 1.82) is 0 Å². The first kappa shape index (κ1) is 17.0. The van der Waals surface area contributed by atoms with Crippen molar-refractivity contribution in [3.8, 4) is 0 Å². The van der Waals surface area contributed by atoms with Gasteiger partial charge in [0.05, 0.1) is 0 Å². The highest BCUT2D eigenvalue weighted by Gasteiger charge is 2.16. The van der Waals surface area contributed by atoms with E-state index in [1.165, 1.54) is 17.4 Å². The van der Waals surface area contributed by atoms with Gasteiger partial charge < -0.3 is 10.4 Å². The summed E-state index contributed by atoms with van der Waals surface area (Å²) in [6.07, 6.45) is 2.53. The quantitative estimate of drug-likeness (QED) is 0.817. The lowest BCUT2D eigenvalue weighted by atomic mass is 9.86. The Morgan fingerprint density at radius 1 is 1.22 bits per heavy atom. The van der Waals surface area contributed by atoms with Crippen molar-refractivity contribution in [2.24, 2.45) is 0 Å². The van der Waals surface area contributed by atoms with Crippen LogP contribution < -0.4 is 5.32 Å². The lowest BCUT2D eigenvalue weighted by molar-refractivity contribution is -0.131. The Balaban J connectivity index is 2.21. The Morgan fingerprint density at radius 3 is 2.61 bits per heavy atom. The first-order chi connectivity index (χ1) is 10.8. The van der Waals surface area contributed by atoms with E-state index in [1.54, 1.807) is 12.1 Å². The Hall–Kier alpha value is -2.40. The number of amides is 1. The van der Waals surface area contributed by atoms with Crippen molar-refractivity contribution in [3.05, 3.63) is 58.5 Å². The van der Waals surface area contributed by atoms with E-state index in [2.05, 4.69) is 26.1 Å². The number of rotatable bonds is 4. The van der Waals surface area contributed by atoms with E-state index >= 15 is 0 Å². The molecule has 120 valence electrons. The topological polar surface area (TPSA) is 66.4 Å². The standard InChI is InChI=1S/C18H19NO3S/c1-18(2,3)14-6-4-5-13(11-14)16(22)19-17-12(9-10-23-17)7-8-15(20)21/h4-11H,1-3H3,(H,19,22)(H,20,21). The van der Waals surface area contributed by atoms with Crippen molar-refractivity contribution < 1.29 is 14.7 Å². The zero-order valence-electron chi connectivity index (χ0n) is 13.3. The molecule has 5 heteroatoms. The molecule has 1 amide bonds. The van der Waals surface area contributed by atoms with E-state index in [4.69, 9.17) is 5.11 Å². The van der Waals surface area contributed by atoms with Crippen LogP contribution >= 0.6 is 11.3 Å². The fourth-order valence-electron chi connectivity index (χ4n) is 2.02. The molecule has 0 unspecified atom stereocenters. The van der Waals surface area contributed by atoms with Crippen molar-refractivity contribution in [2.45, 2.75) is 26.2 Å². The highest BCUT2D eigenvalue weighted by Crippen LogP contribution is 2.26. The van der Waals surface area contributed by atoms with Crippen LogP contribution in [0.3, 0.4) is 0 Å². The minimum absolute atomic E-state index is 0.0331. The SMILES string of the molecule is CC(C)(C)c1cccc(C(=O)Nc2sccc2C=CC(=O)O)c1.